The lowest BCUT2D eigenvalue weighted by atomic mass is 10.1. The van der Waals surface area contributed by atoms with Crippen LogP contribution in [-0.2, 0) is 4.79 Å². The molecule has 1 aliphatic rings. The zero-order valence-corrected chi connectivity index (χ0v) is 17.0. The quantitative estimate of drug-likeness (QED) is 0.627. The fourth-order valence-corrected chi connectivity index (χ4v) is 3.45. The molecule has 1 aromatic heterocycles. The Morgan fingerprint density at radius 2 is 1.48 bits per heavy atom. The lowest BCUT2D eigenvalue weighted by molar-refractivity contribution is -0.138. The van der Waals surface area contributed by atoms with Gasteiger partial charge in [-0.05, 0) is 67.6 Å². The molecule has 0 radical (unpaired) electrons. The van der Waals surface area contributed by atoms with E-state index < -0.39 is 6.10 Å². The molecular weight excluding hydrogens is 402 g/mol. The van der Waals surface area contributed by atoms with Crippen LogP contribution < -0.4 is 9.64 Å². The molecule has 2 heterocycles. The summed E-state index contributed by atoms with van der Waals surface area (Å²) in [7, 11) is 0. The number of carbonyl (C=O) groups is 1. The summed E-state index contributed by atoms with van der Waals surface area (Å²) in [5.41, 5.74) is 1.47. The Kier molecular flexibility index (Phi) is 6.06. The smallest absolute Gasteiger partial charge is 0.263 e. The fourth-order valence-electron chi connectivity index (χ4n) is 3.45. The molecule has 160 valence electrons. The zero-order chi connectivity index (χ0) is 21.8. The summed E-state index contributed by atoms with van der Waals surface area (Å²) in [5.74, 6) is 0.432. The number of ether oxygens (including phenoxy) is 1. The zero-order valence-electron chi connectivity index (χ0n) is 17.0. The third-order valence-electron chi connectivity index (χ3n) is 5.18. The van der Waals surface area contributed by atoms with Gasteiger partial charge in [0, 0.05) is 31.7 Å². The molecule has 1 unspecified atom stereocenters. The second-order valence-corrected chi connectivity index (χ2v) is 7.31. The second-order valence-electron chi connectivity index (χ2n) is 7.31. The van der Waals surface area contributed by atoms with E-state index >= 15 is 0 Å². The van der Waals surface area contributed by atoms with Crippen LogP contribution in [0.2, 0.25) is 0 Å². The molecule has 2 aromatic carbocycles. The molecule has 6 nitrogen and oxygen atoms in total. The number of piperazine rings is 1. The number of amides is 1. The van der Waals surface area contributed by atoms with Crippen LogP contribution in [0.15, 0.2) is 60.7 Å². The monoisotopic (exact) mass is 424 g/mol. The Labute approximate surface area is 179 Å². The van der Waals surface area contributed by atoms with Crippen LogP contribution in [0.4, 0.5) is 14.6 Å². The van der Waals surface area contributed by atoms with Gasteiger partial charge in [-0.1, -0.05) is 0 Å². The van der Waals surface area contributed by atoms with Gasteiger partial charge in [-0.2, -0.15) is 0 Å². The predicted octanol–water partition coefficient (Wildman–Crippen LogP) is 3.54. The van der Waals surface area contributed by atoms with E-state index in [1.165, 1.54) is 36.4 Å². The largest absolute Gasteiger partial charge is 0.481 e. The average molecular weight is 424 g/mol. The van der Waals surface area contributed by atoms with Crippen molar-refractivity contribution in [2.45, 2.75) is 13.0 Å². The maximum Gasteiger partial charge on any atom is 0.263 e. The van der Waals surface area contributed by atoms with Gasteiger partial charge in [-0.3, -0.25) is 4.79 Å². The number of benzene rings is 2. The number of hydrogen-bond donors (Lipinski definition) is 0. The average Bonchev–Trinajstić information content (AvgIpc) is 2.81. The van der Waals surface area contributed by atoms with Crippen molar-refractivity contribution >= 4 is 11.7 Å². The van der Waals surface area contributed by atoms with Crippen molar-refractivity contribution in [1.29, 1.82) is 0 Å². The third-order valence-corrected chi connectivity index (χ3v) is 5.18. The Morgan fingerprint density at radius 1 is 0.871 bits per heavy atom. The summed E-state index contributed by atoms with van der Waals surface area (Å²) in [4.78, 5) is 16.5. The van der Waals surface area contributed by atoms with Gasteiger partial charge in [0.2, 0.25) is 0 Å². The summed E-state index contributed by atoms with van der Waals surface area (Å²) in [6.07, 6.45) is -0.660. The SMILES string of the molecule is CC(Oc1ccc(F)cc1)C(=O)N1CCN(c2ccc(-c3ccc(F)cc3)nn2)CC1. The molecule has 0 N–H and O–H groups in total. The highest BCUT2D eigenvalue weighted by atomic mass is 19.1. The van der Waals surface area contributed by atoms with Gasteiger partial charge in [0.1, 0.15) is 17.4 Å². The summed E-state index contributed by atoms with van der Waals surface area (Å²) in [6.45, 7) is 4.02. The lowest BCUT2D eigenvalue weighted by Gasteiger charge is -2.36. The van der Waals surface area contributed by atoms with Crippen LogP contribution in [0.3, 0.4) is 0 Å². The standard InChI is InChI=1S/C23H22F2N4O2/c1-16(31-20-8-6-19(25)7-9-20)23(30)29-14-12-28(13-15-29)22-11-10-21(26-27-22)17-2-4-18(24)5-3-17/h2-11,16H,12-15H2,1H3. The minimum Gasteiger partial charge on any atom is -0.481 e. The Balaban J connectivity index is 1.32. The number of aromatic nitrogens is 2. The first kappa shape index (κ1) is 20.7. The molecule has 3 aromatic rings. The van der Waals surface area contributed by atoms with Crippen LogP contribution in [0.1, 0.15) is 6.92 Å². The first-order chi connectivity index (χ1) is 15.0. The maximum absolute atomic E-state index is 13.1. The number of hydrogen-bond acceptors (Lipinski definition) is 5. The molecular formula is C23H22F2N4O2. The van der Waals surface area contributed by atoms with Gasteiger partial charge in [0.15, 0.2) is 11.9 Å². The summed E-state index contributed by atoms with van der Waals surface area (Å²) in [5, 5.41) is 8.54. The van der Waals surface area contributed by atoms with Gasteiger partial charge in [-0.25, -0.2) is 8.78 Å². The Morgan fingerprint density at radius 3 is 2.06 bits per heavy atom. The second kappa shape index (κ2) is 9.07. The van der Waals surface area contributed by atoms with Crippen molar-refractivity contribution in [1.82, 2.24) is 15.1 Å². The topological polar surface area (TPSA) is 58.6 Å². The number of carbonyl (C=O) groups excluding carboxylic acids is 1. The summed E-state index contributed by atoms with van der Waals surface area (Å²) < 4.78 is 31.7. The molecule has 1 saturated heterocycles. The van der Waals surface area contributed by atoms with Crippen molar-refractivity contribution in [2.75, 3.05) is 31.1 Å². The maximum atomic E-state index is 13.1. The first-order valence-electron chi connectivity index (χ1n) is 10.1. The van der Waals surface area contributed by atoms with Crippen molar-refractivity contribution in [3.8, 4) is 17.0 Å². The van der Waals surface area contributed by atoms with E-state index in [4.69, 9.17) is 4.74 Å². The lowest BCUT2D eigenvalue weighted by Crippen LogP contribution is -2.52. The normalized spacial score (nSPS) is 14.9. The van der Waals surface area contributed by atoms with Gasteiger partial charge >= 0.3 is 0 Å². The molecule has 0 bridgehead atoms. The van der Waals surface area contributed by atoms with E-state index in [2.05, 4.69) is 15.1 Å². The van der Waals surface area contributed by atoms with Crippen molar-refractivity contribution in [2.24, 2.45) is 0 Å². The van der Waals surface area contributed by atoms with Gasteiger partial charge in [0.05, 0.1) is 5.69 Å². The number of anilines is 1. The Bertz CT molecular complexity index is 1020. The molecule has 0 spiro atoms. The van der Waals surface area contributed by atoms with E-state index in [0.717, 1.165) is 11.4 Å². The molecule has 0 saturated carbocycles. The minimum absolute atomic E-state index is 0.110. The predicted molar refractivity (Wildman–Crippen MR) is 113 cm³/mol. The van der Waals surface area contributed by atoms with Crippen LogP contribution in [-0.4, -0.2) is 53.3 Å². The van der Waals surface area contributed by atoms with E-state index in [1.54, 1.807) is 24.0 Å². The van der Waals surface area contributed by atoms with Crippen LogP contribution in [0.25, 0.3) is 11.3 Å². The highest BCUT2D eigenvalue weighted by Crippen LogP contribution is 2.20. The fraction of sp³-hybridized carbons (Fsp3) is 0.261. The van der Waals surface area contributed by atoms with E-state index in [9.17, 15) is 13.6 Å². The minimum atomic E-state index is -0.660. The summed E-state index contributed by atoms with van der Waals surface area (Å²) >= 11 is 0. The summed E-state index contributed by atoms with van der Waals surface area (Å²) in [6, 6.07) is 15.5. The molecule has 1 amide bonds. The van der Waals surface area contributed by atoms with Crippen molar-refractivity contribution in [3.05, 3.63) is 72.3 Å². The van der Waals surface area contributed by atoms with Gasteiger partial charge in [0.25, 0.3) is 5.91 Å². The van der Waals surface area contributed by atoms with Crippen LogP contribution in [0, 0.1) is 11.6 Å². The van der Waals surface area contributed by atoms with E-state index in [1.807, 2.05) is 12.1 Å². The number of rotatable bonds is 5. The first-order valence-corrected chi connectivity index (χ1v) is 10.1. The third kappa shape index (κ3) is 4.96. The molecule has 1 fully saturated rings. The highest BCUT2D eigenvalue weighted by Gasteiger charge is 2.26. The van der Waals surface area contributed by atoms with Gasteiger partial charge in [-0.15, -0.1) is 10.2 Å². The van der Waals surface area contributed by atoms with Gasteiger partial charge < -0.3 is 14.5 Å². The van der Waals surface area contributed by atoms with Crippen LogP contribution >= 0.6 is 0 Å². The number of nitrogens with zero attached hydrogens (tertiary/aromatic N) is 4. The molecule has 1 atom stereocenters. The van der Waals surface area contributed by atoms with Crippen molar-refractivity contribution in [3.63, 3.8) is 0 Å². The molecule has 31 heavy (non-hydrogen) atoms. The highest BCUT2D eigenvalue weighted by molar-refractivity contribution is 5.81. The van der Waals surface area contributed by atoms with E-state index in [-0.39, 0.29) is 17.5 Å². The Hall–Kier alpha value is -3.55. The molecule has 1 aliphatic heterocycles. The van der Waals surface area contributed by atoms with Crippen LogP contribution in [0.5, 0.6) is 5.75 Å². The molecule has 0 aliphatic carbocycles. The number of halogens is 2. The molecule has 4 rings (SSSR count). The molecule has 8 heteroatoms. The van der Waals surface area contributed by atoms with Crippen molar-refractivity contribution < 1.29 is 18.3 Å². The van der Waals surface area contributed by atoms with E-state index in [0.29, 0.717) is 37.6 Å².